The van der Waals surface area contributed by atoms with Gasteiger partial charge in [-0.15, -0.1) is 0 Å². The van der Waals surface area contributed by atoms with Gasteiger partial charge in [0.2, 0.25) is 0 Å². The van der Waals surface area contributed by atoms with Gasteiger partial charge in [-0.05, 0) is 43.2 Å². The fraction of sp³-hybridized carbons (Fsp3) is 0.381. The number of ether oxygens (including phenoxy) is 1. The van der Waals surface area contributed by atoms with Gasteiger partial charge in [-0.1, -0.05) is 12.1 Å². The van der Waals surface area contributed by atoms with Crippen molar-refractivity contribution in [3.8, 4) is 5.75 Å². The lowest BCUT2D eigenvalue weighted by Crippen LogP contribution is -2.35. The Morgan fingerprint density at radius 2 is 1.90 bits per heavy atom. The van der Waals surface area contributed by atoms with Crippen LogP contribution in [-0.4, -0.2) is 53.4 Å². The molecule has 1 saturated heterocycles. The second-order valence-electron chi connectivity index (χ2n) is 6.92. The molecule has 1 fully saturated rings. The molecule has 0 bridgehead atoms. The maximum Gasteiger partial charge on any atom is 0.311 e. The van der Waals surface area contributed by atoms with Crippen molar-refractivity contribution in [1.29, 1.82) is 0 Å². The van der Waals surface area contributed by atoms with Crippen molar-refractivity contribution in [2.24, 2.45) is 0 Å². The molecule has 2 aromatic rings. The third kappa shape index (κ3) is 5.29. The van der Waals surface area contributed by atoms with Gasteiger partial charge in [-0.3, -0.25) is 19.8 Å². The molecule has 0 aromatic heterocycles. The number of nitrogens with zero attached hydrogens (tertiary/aromatic N) is 3. The predicted molar refractivity (Wildman–Crippen MR) is 106 cm³/mol. The first-order chi connectivity index (χ1) is 14.0. The fourth-order valence-electron chi connectivity index (χ4n) is 3.43. The van der Waals surface area contributed by atoms with Crippen LogP contribution in [0.15, 0.2) is 42.5 Å². The van der Waals surface area contributed by atoms with E-state index < -0.39 is 4.92 Å². The number of carbonyl (C=O) groups is 1. The van der Waals surface area contributed by atoms with Crippen LogP contribution in [0.5, 0.6) is 5.75 Å². The summed E-state index contributed by atoms with van der Waals surface area (Å²) >= 11 is 0. The number of rotatable bonds is 6. The topological polar surface area (TPSA) is 75.9 Å². The average molecular weight is 401 g/mol. The number of nitro benzene ring substituents is 1. The largest absolute Gasteiger partial charge is 0.487 e. The van der Waals surface area contributed by atoms with Crippen molar-refractivity contribution in [1.82, 2.24) is 9.80 Å². The summed E-state index contributed by atoms with van der Waals surface area (Å²) in [7, 11) is 0. The first kappa shape index (κ1) is 20.7. The summed E-state index contributed by atoms with van der Waals surface area (Å²) in [5, 5.41) is 11.3. The number of amides is 1. The van der Waals surface area contributed by atoms with Crippen molar-refractivity contribution in [2.45, 2.75) is 19.9 Å². The molecular weight excluding hydrogens is 377 g/mol. The van der Waals surface area contributed by atoms with Crippen molar-refractivity contribution < 1.29 is 18.8 Å². The normalized spacial score (nSPS) is 15.0. The maximum absolute atomic E-state index is 13.1. The molecule has 0 atom stereocenters. The van der Waals surface area contributed by atoms with E-state index in [1.165, 1.54) is 24.3 Å². The van der Waals surface area contributed by atoms with Crippen LogP contribution in [-0.2, 0) is 6.54 Å². The molecule has 1 amide bonds. The second kappa shape index (κ2) is 9.47. The molecule has 1 heterocycles. The molecule has 1 aliphatic heterocycles. The van der Waals surface area contributed by atoms with Gasteiger partial charge in [0, 0.05) is 44.4 Å². The molecule has 0 N–H and O–H groups in total. The molecule has 7 nitrogen and oxygen atoms in total. The standard InChI is InChI=1S/C21H24FN3O4/c1-2-29-20-9-6-17(14-19(20)25(27)28)21(26)24-11-3-10-23(12-13-24)15-16-4-7-18(22)8-5-16/h4-9,14H,2-3,10-13,15H2,1H3. The lowest BCUT2D eigenvalue weighted by atomic mass is 10.1. The molecule has 0 spiro atoms. The Hall–Kier alpha value is -3.00. The summed E-state index contributed by atoms with van der Waals surface area (Å²) in [4.78, 5) is 27.6. The second-order valence-corrected chi connectivity index (χ2v) is 6.92. The van der Waals surface area contributed by atoms with E-state index in [0.29, 0.717) is 32.8 Å². The molecule has 3 rings (SSSR count). The Morgan fingerprint density at radius 3 is 2.59 bits per heavy atom. The molecule has 1 aliphatic rings. The summed E-state index contributed by atoms with van der Waals surface area (Å²) in [5.74, 6) is -0.319. The lowest BCUT2D eigenvalue weighted by Gasteiger charge is -2.22. The molecule has 154 valence electrons. The molecule has 29 heavy (non-hydrogen) atoms. The Kier molecular flexibility index (Phi) is 6.77. The summed E-state index contributed by atoms with van der Waals surface area (Å²) in [6, 6.07) is 10.8. The molecule has 8 heteroatoms. The van der Waals surface area contributed by atoms with Gasteiger partial charge in [0.1, 0.15) is 5.82 Å². The van der Waals surface area contributed by atoms with Crippen LogP contribution in [0.4, 0.5) is 10.1 Å². The molecule has 0 unspecified atom stereocenters. The quantitative estimate of drug-likeness (QED) is 0.547. The van der Waals surface area contributed by atoms with E-state index in [0.717, 1.165) is 18.5 Å². The number of benzene rings is 2. The first-order valence-corrected chi connectivity index (χ1v) is 9.65. The van der Waals surface area contributed by atoms with Gasteiger partial charge in [0.15, 0.2) is 5.75 Å². The van der Waals surface area contributed by atoms with Crippen LogP contribution in [0, 0.1) is 15.9 Å². The SMILES string of the molecule is CCOc1ccc(C(=O)N2CCCN(Cc3ccc(F)cc3)CC2)cc1[N+](=O)[O-]. The minimum absolute atomic E-state index is 0.162. The van der Waals surface area contributed by atoms with E-state index in [2.05, 4.69) is 4.90 Å². The monoisotopic (exact) mass is 401 g/mol. The zero-order valence-corrected chi connectivity index (χ0v) is 16.3. The fourth-order valence-corrected chi connectivity index (χ4v) is 3.43. The molecule has 0 saturated carbocycles. The smallest absolute Gasteiger partial charge is 0.311 e. The zero-order valence-electron chi connectivity index (χ0n) is 16.3. The minimum Gasteiger partial charge on any atom is -0.487 e. The van der Waals surface area contributed by atoms with E-state index in [-0.39, 0.29) is 28.7 Å². The summed E-state index contributed by atoms with van der Waals surface area (Å²) in [5.41, 5.74) is 1.10. The number of hydrogen-bond donors (Lipinski definition) is 0. The van der Waals surface area contributed by atoms with Gasteiger partial charge >= 0.3 is 5.69 Å². The third-order valence-electron chi connectivity index (χ3n) is 4.90. The van der Waals surface area contributed by atoms with Crippen molar-refractivity contribution >= 4 is 11.6 Å². The van der Waals surface area contributed by atoms with Crippen molar-refractivity contribution in [3.63, 3.8) is 0 Å². The van der Waals surface area contributed by atoms with Crippen LogP contribution in [0.2, 0.25) is 0 Å². The summed E-state index contributed by atoms with van der Waals surface area (Å²) < 4.78 is 18.3. The van der Waals surface area contributed by atoms with Gasteiger partial charge < -0.3 is 9.64 Å². The highest BCUT2D eigenvalue weighted by molar-refractivity contribution is 5.95. The van der Waals surface area contributed by atoms with E-state index in [4.69, 9.17) is 4.74 Å². The molecule has 2 aromatic carbocycles. The van der Waals surface area contributed by atoms with E-state index in [1.54, 1.807) is 30.0 Å². The van der Waals surface area contributed by atoms with Crippen LogP contribution in [0.1, 0.15) is 29.3 Å². The number of carbonyl (C=O) groups excluding carboxylic acids is 1. The number of nitro groups is 1. The van der Waals surface area contributed by atoms with Gasteiger partial charge in [0.25, 0.3) is 5.91 Å². The highest BCUT2D eigenvalue weighted by atomic mass is 19.1. The Balaban J connectivity index is 1.66. The Labute approximate surface area is 168 Å². The van der Waals surface area contributed by atoms with Crippen molar-refractivity contribution in [2.75, 3.05) is 32.8 Å². The number of halogens is 1. The van der Waals surface area contributed by atoms with Gasteiger partial charge in [0.05, 0.1) is 11.5 Å². The maximum atomic E-state index is 13.1. The summed E-state index contributed by atoms with van der Waals surface area (Å²) in [6.07, 6.45) is 0.798. The first-order valence-electron chi connectivity index (χ1n) is 9.65. The van der Waals surface area contributed by atoms with Crippen molar-refractivity contribution in [3.05, 3.63) is 69.5 Å². The highest BCUT2D eigenvalue weighted by Gasteiger charge is 2.24. The van der Waals surface area contributed by atoms with Gasteiger partial charge in [-0.2, -0.15) is 0 Å². The van der Waals surface area contributed by atoms with Gasteiger partial charge in [-0.25, -0.2) is 4.39 Å². The summed E-state index contributed by atoms with van der Waals surface area (Å²) in [6.45, 7) is 5.37. The third-order valence-corrected chi connectivity index (χ3v) is 4.90. The van der Waals surface area contributed by atoms with E-state index in [1.807, 2.05) is 0 Å². The van der Waals surface area contributed by atoms with Crippen LogP contribution < -0.4 is 4.74 Å². The molecule has 0 radical (unpaired) electrons. The minimum atomic E-state index is -0.533. The number of hydrogen-bond acceptors (Lipinski definition) is 5. The molecule has 0 aliphatic carbocycles. The zero-order chi connectivity index (χ0) is 20.8. The van der Waals surface area contributed by atoms with E-state index in [9.17, 15) is 19.3 Å². The van der Waals surface area contributed by atoms with E-state index >= 15 is 0 Å². The van der Waals surface area contributed by atoms with Crippen LogP contribution in [0.3, 0.4) is 0 Å². The predicted octanol–water partition coefficient (Wildman–Crippen LogP) is 3.48. The Morgan fingerprint density at radius 1 is 1.14 bits per heavy atom. The van der Waals surface area contributed by atoms with Crippen LogP contribution in [0.25, 0.3) is 0 Å². The highest BCUT2D eigenvalue weighted by Crippen LogP contribution is 2.28. The molecular formula is C21H24FN3O4. The Bertz CT molecular complexity index is 873. The van der Waals surface area contributed by atoms with Crippen LogP contribution >= 0.6 is 0 Å². The average Bonchev–Trinajstić information content (AvgIpc) is 2.95. The lowest BCUT2D eigenvalue weighted by molar-refractivity contribution is -0.385.